The van der Waals surface area contributed by atoms with Gasteiger partial charge in [-0.3, -0.25) is 4.90 Å². The first-order valence-electron chi connectivity index (χ1n) is 8.05. The van der Waals surface area contributed by atoms with Gasteiger partial charge in [-0.15, -0.1) is 0 Å². The maximum Gasteiger partial charge on any atom is 0.128 e. The van der Waals surface area contributed by atoms with Crippen LogP contribution in [-0.2, 0) is 11.3 Å². The van der Waals surface area contributed by atoms with Crippen molar-refractivity contribution in [1.29, 1.82) is 0 Å². The lowest BCUT2D eigenvalue weighted by atomic mass is 9.99. The molecule has 1 aromatic carbocycles. The van der Waals surface area contributed by atoms with Crippen molar-refractivity contribution in [3.63, 3.8) is 0 Å². The van der Waals surface area contributed by atoms with Gasteiger partial charge in [-0.25, -0.2) is 4.39 Å². The summed E-state index contributed by atoms with van der Waals surface area (Å²) in [4.78, 5) is 2.23. The molecule has 2 rings (SSSR count). The van der Waals surface area contributed by atoms with Crippen molar-refractivity contribution in [2.45, 2.75) is 44.4 Å². The van der Waals surface area contributed by atoms with Crippen LogP contribution in [0.1, 0.15) is 31.2 Å². The Morgan fingerprint density at radius 2 is 2.14 bits per heavy atom. The van der Waals surface area contributed by atoms with E-state index in [2.05, 4.69) is 4.90 Å². The molecule has 1 aliphatic rings. The van der Waals surface area contributed by atoms with E-state index in [9.17, 15) is 9.50 Å². The minimum atomic E-state index is -0.592. The Morgan fingerprint density at radius 1 is 1.32 bits per heavy atom. The Labute approximate surface area is 131 Å². The second-order valence-corrected chi connectivity index (χ2v) is 5.92. The number of likely N-dealkylation sites (tertiary alicyclic amines) is 1. The highest BCUT2D eigenvalue weighted by atomic mass is 19.1. The molecule has 1 saturated heterocycles. The SMILES string of the molecule is OCCC1CCCCN1CC(O)COCc1ccccc1F. The number of piperidine rings is 1. The third kappa shape index (κ3) is 5.32. The Balaban J connectivity index is 1.72. The Morgan fingerprint density at radius 3 is 2.91 bits per heavy atom. The highest BCUT2D eigenvalue weighted by molar-refractivity contribution is 5.16. The number of aliphatic hydroxyl groups is 2. The molecule has 2 atom stereocenters. The largest absolute Gasteiger partial charge is 0.396 e. The first-order chi connectivity index (χ1) is 10.7. The zero-order valence-corrected chi connectivity index (χ0v) is 13.0. The van der Waals surface area contributed by atoms with Crippen molar-refractivity contribution < 1.29 is 19.3 Å². The maximum absolute atomic E-state index is 13.4. The van der Waals surface area contributed by atoms with Crippen molar-refractivity contribution in [1.82, 2.24) is 4.90 Å². The molecule has 1 aliphatic heterocycles. The van der Waals surface area contributed by atoms with Crippen LogP contribution in [0.25, 0.3) is 0 Å². The molecule has 0 aromatic heterocycles. The van der Waals surface area contributed by atoms with Crippen LogP contribution in [0.15, 0.2) is 24.3 Å². The Hall–Kier alpha value is -1.01. The van der Waals surface area contributed by atoms with Crippen LogP contribution in [0.4, 0.5) is 4.39 Å². The van der Waals surface area contributed by atoms with Crippen LogP contribution in [0.3, 0.4) is 0 Å². The van der Waals surface area contributed by atoms with Crippen LogP contribution < -0.4 is 0 Å². The van der Waals surface area contributed by atoms with Crippen LogP contribution in [0.5, 0.6) is 0 Å². The highest BCUT2D eigenvalue weighted by Crippen LogP contribution is 2.19. The molecule has 2 unspecified atom stereocenters. The lowest BCUT2D eigenvalue weighted by Gasteiger charge is -2.36. The van der Waals surface area contributed by atoms with Gasteiger partial charge in [-0.2, -0.15) is 0 Å². The van der Waals surface area contributed by atoms with E-state index < -0.39 is 6.10 Å². The smallest absolute Gasteiger partial charge is 0.128 e. The molecule has 5 heteroatoms. The van der Waals surface area contributed by atoms with Gasteiger partial charge in [0.1, 0.15) is 5.82 Å². The van der Waals surface area contributed by atoms with Crippen molar-refractivity contribution in [2.75, 3.05) is 26.3 Å². The van der Waals surface area contributed by atoms with Gasteiger partial charge in [0.25, 0.3) is 0 Å². The minimum absolute atomic E-state index is 0.170. The monoisotopic (exact) mass is 311 g/mol. The van der Waals surface area contributed by atoms with Crippen molar-refractivity contribution in [3.05, 3.63) is 35.6 Å². The summed E-state index contributed by atoms with van der Waals surface area (Å²) in [7, 11) is 0. The number of halogens is 1. The topological polar surface area (TPSA) is 52.9 Å². The lowest BCUT2D eigenvalue weighted by Crippen LogP contribution is -2.45. The normalized spacial score (nSPS) is 21.0. The van der Waals surface area contributed by atoms with E-state index in [1.165, 1.54) is 12.5 Å². The molecule has 2 N–H and O–H groups in total. The molecule has 0 amide bonds. The number of ether oxygens (including phenoxy) is 1. The number of rotatable bonds is 8. The van der Waals surface area contributed by atoms with Crippen molar-refractivity contribution in [3.8, 4) is 0 Å². The summed E-state index contributed by atoms with van der Waals surface area (Å²) in [6, 6.07) is 6.85. The van der Waals surface area contributed by atoms with Crippen LogP contribution >= 0.6 is 0 Å². The van der Waals surface area contributed by atoms with E-state index in [-0.39, 0.29) is 25.6 Å². The first-order valence-corrected chi connectivity index (χ1v) is 8.05. The van der Waals surface area contributed by atoms with Gasteiger partial charge in [0.2, 0.25) is 0 Å². The molecule has 0 bridgehead atoms. The second kappa shape index (κ2) is 9.20. The van der Waals surface area contributed by atoms with Gasteiger partial charge in [0.05, 0.1) is 19.3 Å². The van der Waals surface area contributed by atoms with E-state index in [1.807, 2.05) is 0 Å². The van der Waals surface area contributed by atoms with Crippen molar-refractivity contribution >= 4 is 0 Å². The molecule has 22 heavy (non-hydrogen) atoms. The fourth-order valence-corrected chi connectivity index (χ4v) is 3.02. The number of benzene rings is 1. The summed E-state index contributed by atoms with van der Waals surface area (Å²) >= 11 is 0. The van der Waals surface area contributed by atoms with Gasteiger partial charge in [-0.05, 0) is 31.9 Å². The number of hydrogen-bond acceptors (Lipinski definition) is 4. The number of hydrogen-bond donors (Lipinski definition) is 2. The molecule has 4 nitrogen and oxygen atoms in total. The Kier molecular flexibility index (Phi) is 7.25. The fourth-order valence-electron chi connectivity index (χ4n) is 3.02. The molecule has 1 fully saturated rings. The molecule has 0 aliphatic carbocycles. The van der Waals surface area contributed by atoms with Gasteiger partial charge < -0.3 is 14.9 Å². The third-order valence-electron chi connectivity index (χ3n) is 4.18. The number of β-amino-alcohol motifs (C(OH)–C–C–N with tert-alkyl or cyclic N) is 1. The van der Waals surface area contributed by atoms with Gasteiger partial charge in [0.15, 0.2) is 0 Å². The van der Waals surface area contributed by atoms with Crippen LogP contribution in [-0.4, -0.2) is 53.6 Å². The third-order valence-corrected chi connectivity index (χ3v) is 4.18. The molecular weight excluding hydrogens is 285 g/mol. The minimum Gasteiger partial charge on any atom is -0.396 e. The van der Waals surface area contributed by atoms with Gasteiger partial charge in [-0.1, -0.05) is 24.6 Å². The summed E-state index contributed by atoms with van der Waals surface area (Å²) in [5.41, 5.74) is 0.505. The molecule has 1 heterocycles. The summed E-state index contributed by atoms with van der Waals surface area (Å²) in [6.07, 6.45) is 3.55. The molecule has 0 saturated carbocycles. The summed E-state index contributed by atoms with van der Waals surface area (Å²) in [5, 5.41) is 19.2. The van der Waals surface area contributed by atoms with E-state index in [0.29, 0.717) is 18.2 Å². The zero-order valence-electron chi connectivity index (χ0n) is 13.0. The van der Waals surface area contributed by atoms with E-state index >= 15 is 0 Å². The van der Waals surface area contributed by atoms with Gasteiger partial charge >= 0.3 is 0 Å². The number of nitrogens with zero attached hydrogens (tertiary/aromatic N) is 1. The molecule has 0 spiro atoms. The van der Waals surface area contributed by atoms with E-state index in [4.69, 9.17) is 9.84 Å². The van der Waals surface area contributed by atoms with Crippen LogP contribution in [0, 0.1) is 5.82 Å². The number of aliphatic hydroxyl groups excluding tert-OH is 2. The average Bonchev–Trinajstić information content (AvgIpc) is 2.51. The van der Waals surface area contributed by atoms with Crippen molar-refractivity contribution in [2.24, 2.45) is 0 Å². The van der Waals surface area contributed by atoms with E-state index in [0.717, 1.165) is 25.8 Å². The quantitative estimate of drug-likeness (QED) is 0.770. The highest BCUT2D eigenvalue weighted by Gasteiger charge is 2.23. The lowest BCUT2D eigenvalue weighted by molar-refractivity contribution is -0.00660. The predicted octanol–water partition coefficient (Wildman–Crippen LogP) is 1.94. The first kappa shape index (κ1) is 17.3. The standard InChI is InChI=1S/C17H26FNO3/c18-17-7-2-1-5-14(17)12-22-13-16(21)11-19-9-4-3-6-15(19)8-10-20/h1-2,5,7,15-16,20-21H,3-4,6,8-13H2. The molecular formula is C17H26FNO3. The Bertz CT molecular complexity index is 442. The summed E-state index contributed by atoms with van der Waals surface area (Å²) in [6.45, 7) is 2.04. The van der Waals surface area contributed by atoms with E-state index in [1.54, 1.807) is 18.2 Å². The van der Waals surface area contributed by atoms with Crippen LogP contribution in [0.2, 0.25) is 0 Å². The predicted molar refractivity (Wildman–Crippen MR) is 83.0 cm³/mol. The molecule has 124 valence electrons. The second-order valence-electron chi connectivity index (χ2n) is 5.92. The molecule has 0 radical (unpaired) electrons. The van der Waals surface area contributed by atoms with Gasteiger partial charge in [0, 0.05) is 24.8 Å². The summed E-state index contributed by atoms with van der Waals surface area (Å²) < 4.78 is 18.9. The fraction of sp³-hybridized carbons (Fsp3) is 0.647. The zero-order chi connectivity index (χ0) is 15.8. The summed E-state index contributed by atoms with van der Waals surface area (Å²) in [5.74, 6) is -0.281. The molecule has 1 aromatic rings. The maximum atomic E-state index is 13.4. The average molecular weight is 311 g/mol.